The summed E-state index contributed by atoms with van der Waals surface area (Å²) >= 11 is 12.6. The maximum Gasteiger partial charge on any atom is 0.266 e. The minimum Gasteiger partial charge on any atom is -0.490 e. The maximum absolute atomic E-state index is 12.7. The number of amides is 1. The number of benzene rings is 2. The Morgan fingerprint density at radius 3 is 2.61 bits per heavy atom. The molecule has 0 spiro atoms. The van der Waals surface area contributed by atoms with Gasteiger partial charge in [-0.2, -0.15) is 0 Å². The fraction of sp³-hybridized carbons (Fsp3) is 0.304. The molecule has 164 valence electrons. The number of halogens is 1. The van der Waals surface area contributed by atoms with Gasteiger partial charge in [0.05, 0.1) is 11.5 Å². The van der Waals surface area contributed by atoms with Gasteiger partial charge in [0.2, 0.25) is 0 Å². The highest BCUT2D eigenvalue weighted by Crippen LogP contribution is 2.35. The molecule has 5 nitrogen and oxygen atoms in total. The molecular weight excluding hydrogens is 454 g/mol. The summed E-state index contributed by atoms with van der Waals surface area (Å²) in [5.74, 6) is 1.19. The normalized spacial score (nSPS) is 15.1. The first-order valence-corrected chi connectivity index (χ1v) is 11.5. The van der Waals surface area contributed by atoms with Crippen molar-refractivity contribution in [3.63, 3.8) is 0 Å². The molecule has 1 amide bonds. The molecule has 0 aliphatic carbocycles. The first kappa shape index (κ1) is 23.6. The minimum absolute atomic E-state index is 0.0767. The van der Waals surface area contributed by atoms with Crippen LogP contribution in [0, 0.1) is 0 Å². The summed E-state index contributed by atoms with van der Waals surface area (Å²) in [5, 5.41) is 0.687. The van der Waals surface area contributed by atoms with Crippen molar-refractivity contribution in [3.8, 4) is 11.5 Å². The van der Waals surface area contributed by atoms with Crippen molar-refractivity contribution in [1.82, 2.24) is 4.90 Å². The van der Waals surface area contributed by atoms with E-state index in [9.17, 15) is 4.79 Å². The van der Waals surface area contributed by atoms with Gasteiger partial charge in [-0.3, -0.25) is 9.69 Å². The molecule has 0 saturated carbocycles. The van der Waals surface area contributed by atoms with Crippen molar-refractivity contribution in [2.75, 3.05) is 26.9 Å². The summed E-state index contributed by atoms with van der Waals surface area (Å²) in [7, 11) is 1.64. The lowest BCUT2D eigenvalue weighted by Crippen LogP contribution is -2.29. The Labute approximate surface area is 197 Å². The van der Waals surface area contributed by atoms with Crippen LogP contribution in [0.2, 0.25) is 5.02 Å². The number of hydrogen-bond donors (Lipinski definition) is 0. The quantitative estimate of drug-likeness (QED) is 0.254. The predicted octanol–water partition coefficient (Wildman–Crippen LogP) is 5.56. The average Bonchev–Trinajstić information content (AvgIpc) is 3.02. The number of methoxy groups -OCH3 is 1. The van der Waals surface area contributed by atoms with Crippen molar-refractivity contribution in [1.29, 1.82) is 0 Å². The van der Waals surface area contributed by atoms with Gasteiger partial charge in [-0.05, 0) is 54.8 Å². The first-order valence-electron chi connectivity index (χ1n) is 9.90. The highest BCUT2D eigenvalue weighted by molar-refractivity contribution is 8.26. The van der Waals surface area contributed by atoms with Crippen molar-refractivity contribution in [2.24, 2.45) is 0 Å². The molecule has 0 unspecified atom stereocenters. The average molecular weight is 478 g/mol. The minimum atomic E-state index is -0.0767. The van der Waals surface area contributed by atoms with Gasteiger partial charge in [-0.1, -0.05) is 53.8 Å². The van der Waals surface area contributed by atoms with Gasteiger partial charge < -0.3 is 14.2 Å². The number of rotatable bonds is 10. The summed E-state index contributed by atoms with van der Waals surface area (Å²) in [6.45, 7) is 3.96. The van der Waals surface area contributed by atoms with Crippen LogP contribution in [0.4, 0.5) is 0 Å². The summed E-state index contributed by atoms with van der Waals surface area (Å²) in [6.07, 6.45) is 2.57. The summed E-state index contributed by atoms with van der Waals surface area (Å²) in [6, 6.07) is 13.1. The largest absolute Gasteiger partial charge is 0.490 e. The highest BCUT2D eigenvalue weighted by atomic mass is 35.5. The third-order valence-corrected chi connectivity index (χ3v) is 6.11. The summed E-state index contributed by atoms with van der Waals surface area (Å²) < 4.78 is 17.3. The lowest BCUT2D eigenvalue weighted by molar-refractivity contribution is -0.122. The Morgan fingerprint density at radius 2 is 1.90 bits per heavy atom. The van der Waals surface area contributed by atoms with Crippen LogP contribution in [0.25, 0.3) is 6.08 Å². The van der Waals surface area contributed by atoms with E-state index in [0.29, 0.717) is 52.1 Å². The molecule has 2 aromatic carbocycles. The highest BCUT2D eigenvalue weighted by Gasteiger charge is 2.31. The van der Waals surface area contributed by atoms with Gasteiger partial charge in [0.25, 0.3) is 5.91 Å². The molecule has 1 aliphatic heterocycles. The van der Waals surface area contributed by atoms with Crippen LogP contribution >= 0.6 is 35.6 Å². The van der Waals surface area contributed by atoms with Crippen molar-refractivity contribution in [3.05, 3.63) is 63.5 Å². The number of ether oxygens (including phenoxy) is 3. The van der Waals surface area contributed by atoms with E-state index in [0.717, 1.165) is 17.5 Å². The van der Waals surface area contributed by atoms with Gasteiger partial charge in [-0.25, -0.2) is 0 Å². The van der Waals surface area contributed by atoms with Crippen LogP contribution in [0.1, 0.15) is 24.5 Å². The lowest BCUT2D eigenvalue weighted by atomic mass is 10.1. The van der Waals surface area contributed by atoms with Crippen LogP contribution in [-0.4, -0.2) is 42.0 Å². The molecule has 1 fully saturated rings. The topological polar surface area (TPSA) is 48.0 Å². The molecule has 31 heavy (non-hydrogen) atoms. The van der Waals surface area contributed by atoms with Gasteiger partial charge in [-0.15, -0.1) is 0 Å². The van der Waals surface area contributed by atoms with Gasteiger partial charge >= 0.3 is 0 Å². The van der Waals surface area contributed by atoms with Crippen LogP contribution in [-0.2, 0) is 16.1 Å². The number of carbonyl (C=O) groups excluding carboxylic acids is 1. The Bertz CT molecular complexity index is 963. The number of carbonyl (C=O) groups is 1. The molecule has 0 radical (unpaired) electrons. The van der Waals surface area contributed by atoms with Gasteiger partial charge in [0, 0.05) is 25.3 Å². The second kappa shape index (κ2) is 11.5. The monoisotopic (exact) mass is 477 g/mol. The molecule has 1 heterocycles. The van der Waals surface area contributed by atoms with Crippen LogP contribution in [0.5, 0.6) is 11.5 Å². The maximum atomic E-state index is 12.7. The molecule has 8 heteroatoms. The van der Waals surface area contributed by atoms with Crippen LogP contribution in [0.15, 0.2) is 47.4 Å². The van der Waals surface area contributed by atoms with E-state index < -0.39 is 0 Å². The lowest BCUT2D eigenvalue weighted by Gasteiger charge is -2.14. The van der Waals surface area contributed by atoms with E-state index in [1.807, 2.05) is 55.5 Å². The number of nitrogens with zero attached hydrogens (tertiary/aromatic N) is 1. The molecule has 1 saturated heterocycles. The Kier molecular flexibility index (Phi) is 8.78. The van der Waals surface area contributed by atoms with Gasteiger partial charge in [0.1, 0.15) is 10.9 Å². The molecule has 0 N–H and O–H groups in total. The number of hydrogen-bond acceptors (Lipinski definition) is 6. The summed E-state index contributed by atoms with van der Waals surface area (Å²) in [4.78, 5) is 14.9. The third-order valence-electron chi connectivity index (χ3n) is 4.48. The molecule has 3 rings (SSSR count). The second-order valence-electron chi connectivity index (χ2n) is 6.73. The Morgan fingerprint density at radius 1 is 1.13 bits per heavy atom. The van der Waals surface area contributed by atoms with Crippen molar-refractivity contribution >= 4 is 51.9 Å². The van der Waals surface area contributed by atoms with E-state index in [4.69, 9.17) is 38.0 Å². The van der Waals surface area contributed by atoms with Gasteiger partial charge in [0.15, 0.2) is 11.5 Å². The molecule has 0 aromatic heterocycles. The standard InChI is InChI=1S/C23H24ClNO4S2/c1-3-28-20-13-17(7-10-19(20)29-15-16-5-8-18(24)9-6-16)14-21-22(26)25(23(30)31-21)11-4-12-27-2/h5-10,13-14H,3-4,11-12,15H2,1-2H3/b21-14+. The molecule has 0 bridgehead atoms. The Hall–Kier alpha value is -2.06. The number of thioether (sulfide) groups is 1. The van der Waals surface area contributed by atoms with E-state index in [1.165, 1.54) is 11.8 Å². The fourth-order valence-corrected chi connectivity index (χ4v) is 4.39. The first-order chi connectivity index (χ1) is 15.0. The zero-order chi connectivity index (χ0) is 22.2. The fourth-order valence-electron chi connectivity index (χ4n) is 2.95. The second-order valence-corrected chi connectivity index (χ2v) is 8.85. The SMILES string of the molecule is CCOc1cc(/C=C2/SC(=S)N(CCCOC)C2=O)ccc1OCc1ccc(Cl)cc1. The van der Waals surface area contributed by atoms with Crippen LogP contribution in [0.3, 0.4) is 0 Å². The van der Waals surface area contributed by atoms with E-state index in [-0.39, 0.29) is 5.91 Å². The van der Waals surface area contributed by atoms with E-state index in [2.05, 4.69) is 0 Å². The van der Waals surface area contributed by atoms with Crippen LogP contribution < -0.4 is 9.47 Å². The zero-order valence-corrected chi connectivity index (χ0v) is 19.8. The smallest absolute Gasteiger partial charge is 0.266 e. The zero-order valence-electron chi connectivity index (χ0n) is 17.4. The molecule has 1 aliphatic rings. The van der Waals surface area contributed by atoms with E-state index >= 15 is 0 Å². The van der Waals surface area contributed by atoms with Crippen molar-refractivity contribution in [2.45, 2.75) is 20.0 Å². The van der Waals surface area contributed by atoms with Crippen molar-refractivity contribution < 1.29 is 19.0 Å². The van der Waals surface area contributed by atoms with E-state index in [1.54, 1.807) is 12.0 Å². The summed E-state index contributed by atoms with van der Waals surface area (Å²) in [5.41, 5.74) is 1.85. The molecular formula is C23H24ClNO4S2. The molecule has 0 atom stereocenters. The predicted molar refractivity (Wildman–Crippen MR) is 130 cm³/mol. The third kappa shape index (κ3) is 6.46. The molecule has 2 aromatic rings. The number of thiocarbonyl (C=S) groups is 1. The Balaban J connectivity index is 1.73.